The molecule has 5 rings (SSSR count). The number of aromatic amines is 2. The van der Waals surface area contributed by atoms with E-state index in [1.807, 2.05) is 30.3 Å². The van der Waals surface area contributed by atoms with E-state index in [9.17, 15) is 0 Å². The van der Waals surface area contributed by atoms with Crippen molar-refractivity contribution >= 4 is 39.8 Å². The Hall–Kier alpha value is -4.08. The Morgan fingerprint density at radius 3 is 2.54 bits per heavy atom. The lowest BCUT2D eigenvalue weighted by atomic mass is 10.3. The van der Waals surface area contributed by atoms with Crippen LogP contribution in [-0.4, -0.2) is 39.9 Å². The van der Waals surface area contributed by atoms with Crippen LogP contribution in [0.5, 0.6) is 0 Å². The minimum absolute atomic E-state index is 0.250. The summed E-state index contributed by atoms with van der Waals surface area (Å²) in [4.78, 5) is 29.7. The van der Waals surface area contributed by atoms with Crippen LogP contribution in [0.4, 0.5) is 17.5 Å². The average Bonchev–Trinajstić information content (AvgIpc) is 3.32. The zero-order valence-electron chi connectivity index (χ0n) is 13.5. The molecule has 0 atom stereocenters. The second kappa shape index (κ2) is 6.81. The molecule has 10 nitrogen and oxygen atoms in total. The number of nitrogens with one attached hydrogen (secondary N) is 3. The summed E-state index contributed by atoms with van der Waals surface area (Å²) in [6.07, 6.45) is 6.26. The van der Waals surface area contributed by atoms with Crippen LogP contribution >= 0.6 is 0 Å². The van der Waals surface area contributed by atoms with E-state index in [4.69, 9.17) is 5.73 Å². The molecule has 10 heteroatoms. The molecule has 0 fully saturated rings. The van der Waals surface area contributed by atoms with Gasteiger partial charge in [0.2, 0.25) is 5.95 Å². The predicted molar refractivity (Wildman–Crippen MR) is 97.5 cm³/mol. The molecule has 0 saturated heterocycles. The molecule has 4 aromatic heterocycles. The molecule has 26 heavy (non-hydrogen) atoms. The van der Waals surface area contributed by atoms with Gasteiger partial charge in [0, 0.05) is 5.69 Å². The smallest absolute Gasteiger partial charge is 0.222 e. The van der Waals surface area contributed by atoms with E-state index in [-0.39, 0.29) is 5.95 Å². The van der Waals surface area contributed by atoms with Crippen molar-refractivity contribution in [3.8, 4) is 0 Å². The molecular weight excluding hydrogens is 332 g/mol. The Bertz CT molecular complexity index is 1130. The van der Waals surface area contributed by atoms with Gasteiger partial charge in [0.05, 0.1) is 18.9 Å². The fourth-order valence-electron chi connectivity index (χ4n) is 2.27. The number of nitrogens with two attached hydrogens (primary N) is 1. The quantitative estimate of drug-likeness (QED) is 0.379. The summed E-state index contributed by atoms with van der Waals surface area (Å²) in [6.45, 7) is 0. The molecular formula is C16H14N10. The van der Waals surface area contributed by atoms with Gasteiger partial charge < -0.3 is 21.0 Å². The summed E-state index contributed by atoms with van der Waals surface area (Å²) in [7, 11) is 0. The van der Waals surface area contributed by atoms with Crippen LogP contribution in [0.2, 0.25) is 0 Å². The number of H-pyrrole nitrogens is 2. The molecule has 0 aliphatic carbocycles. The second-order valence-electron chi connectivity index (χ2n) is 5.18. The number of hydrogen-bond acceptors (Lipinski definition) is 8. The molecule has 0 spiro atoms. The van der Waals surface area contributed by atoms with Crippen molar-refractivity contribution in [2.45, 2.75) is 0 Å². The summed E-state index contributed by atoms with van der Waals surface area (Å²) in [5.41, 5.74) is 9.17. The largest absolute Gasteiger partial charge is 0.368 e. The molecule has 0 aliphatic heterocycles. The highest BCUT2D eigenvalue weighted by molar-refractivity contribution is 5.84. The molecule has 0 unspecified atom stereocenters. The van der Waals surface area contributed by atoms with Gasteiger partial charge in [-0.15, -0.1) is 0 Å². The number of hydrogen-bond donors (Lipinski definition) is 4. The zero-order valence-corrected chi connectivity index (χ0v) is 13.5. The molecule has 0 bridgehead atoms. The van der Waals surface area contributed by atoms with Gasteiger partial charge in [0.25, 0.3) is 0 Å². The van der Waals surface area contributed by atoms with Gasteiger partial charge in [0.15, 0.2) is 17.1 Å². The van der Waals surface area contributed by atoms with E-state index in [1.165, 1.54) is 6.33 Å². The Balaban J connectivity index is 0.000000144. The van der Waals surface area contributed by atoms with E-state index in [0.717, 1.165) is 22.5 Å². The molecule has 4 heterocycles. The van der Waals surface area contributed by atoms with Crippen LogP contribution in [0.1, 0.15) is 0 Å². The van der Waals surface area contributed by atoms with Crippen LogP contribution in [0.3, 0.4) is 0 Å². The Labute approximate surface area is 147 Å². The standard InChI is InChI=1S/C11H9N5.C5H5N5/c1-2-4-8(5-3-1)16-11-9-10(13-6-12-9)14-7-15-11;6-5-7-1-3-4(10-5)9-2-8-3/h1-7H,(H2,12,13,14,15,16);1-2H,(H3,6,7,8,9,10). The van der Waals surface area contributed by atoms with Crippen molar-refractivity contribution in [1.29, 1.82) is 0 Å². The van der Waals surface area contributed by atoms with E-state index in [2.05, 4.69) is 45.2 Å². The fourth-order valence-corrected chi connectivity index (χ4v) is 2.27. The number of nitrogens with zero attached hydrogens (tertiary/aromatic N) is 6. The van der Waals surface area contributed by atoms with Crippen molar-refractivity contribution < 1.29 is 0 Å². The maximum Gasteiger partial charge on any atom is 0.222 e. The van der Waals surface area contributed by atoms with E-state index in [1.54, 1.807) is 18.9 Å². The predicted octanol–water partition coefficient (Wildman–Crippen LogP) is 2.03. The first kappa shape index (κ1) is 15.4. The molecule has 0 saturated carbocycles. The number of imidazole rings is 2. The van der Waals surface area contributed by atoms with Crippen LogP contribution in [-0.2, 0) is 0 Å². The lowest BCUT2D eigenvalue weighted by Crippen LogP contribution is -1.95. The lowest BCUT2D eigenvalue weighted by molar-refractivity contribution is 1.20. The van der Waals surface area contributed by atoms with Gasteiger partial charge in [-0.05, 0) is 12.1 Å². The third kappa shape index (κ3) is 3.24. The van der Waals surface area contributed by atoms with Gasteiger partial charge in [0.1, 0.15) is 17.4 Å². The molecule has 128 valence electrons. The first-order valence-electron chi connectivity index (χ1n) is 7.67. The van der Waals surface area contributed by atoms with Gasteiger partial charge in [-0.2, -0.15) is 4.98 Å². The number of rotatable bonds is 2. The topological polar surface area (TPSA) is 147 Å². The minimum Gasteiger partial charge on any atom is -0.368 e. The van der Waals surface area contributed by atoms with E-state index < -0.39 is 0 Å². The maximum atomic E-state index is 5.31. The number of benzene rings is 1. The summed E-state index contributed by atoms with van der Waals surface area (Å²) >= 11 is 0. The highest BCUT2D eigenvalue weighted by Gasteiger charge is 2.04. The Morgan fingerprint density at radius 1 is 0.846 bits per heavy atom. The molecule has 0 amide bonds. The van der Waals surface area contributed by atoms with Gasteiger partial charge in [-0.1, -0.05) is 18.2 Å². The van der Waals surface area contributed by atoms with Crippen molar-refractivity contribution in [3.63, 3.8) is 0 Å². The van der Waals surface area contributed by atoms with Crippen LogP contribution < -0.4 is 11.1 Å². The zero-order chi connectivity index (χ0) is 17.8. The third-order valence-corrected chi connectivity index (χ3v) is 3.45. The average molecular weight is 346 g/mol. The Kier molecular flexibility index (Phi) is 4.04. The molecule has 0 aliphatic rings. The number of nitrogen functional groups attached to an aromatic ring is 1. The van der Waals surface area contributed by atoms with Crippen molar-refractivity contribution in [3.05, 3.63) is 55.5 Å². The fraction of sp³-hybridized carbons (Fsp3) is 0. The van der Waals surface area contributed by atoms with E-state index >= 15 is 0 Å². The molecule has 1 aromatic carbocycles. The van der Waals surface area contributed by atoms with Gasteiger partial charge >= 0.3 is 0 Å². The van der Waals surface area contributed by atoms with Gasteiger partial charge in [-0.3, -0.25) is 0 Å². The molecule has 0 radical (unpaired) electrons. The first-order valence-corrected chi connectivity index (χ1v) is 7.67. The number of anilines is 3. The monoisotopic (exact) mass is 346 g/mol. The summed E-state index contributed by atoms with van der Waals surface area (Å²) in [5.74, 6) is 0.980. The maximum absolute atomic E-state index is 5.31. The number of fused-ring (bicyclic) bond motifs is 2. The summed E-state index contributed by atoms with van der Waals surface area (Å²) in [6, 6.07) is 9.85. The van der Waals surface area contributed by atoms with Gasteiger partial charge in [-0.25, -0.2) is 24.9 Å². The normalized spacial score (nSPS) is 10.5. The van der Waals surface area contributed by atoms with Crippen LogP contribution in [0, 0.1) is 0 Å². The Morgan fingerprint density at radius 2 is 1.65 bits per heavy atom. The number of aromatic nitrogens is 8. The third-order valence-electron chi connectivity index (χ3n) is 3.45. The van der Waals surface area contributed by atoms with Crippen molar-refractivity contribution in [1.82, 2.24) is 39.9 Å². The molecule has 5 aromatic rings. The summed E-state index contributed by atoms with van der Waals surface area (Å²) in [5, 5.41) is 3.21. The highest BCUT2D eigenvalue weighted by Crippen LogP contribution is 2.19. The molecule has 5 N–H and O–H groups in total. The second-order valence-corrected chi connectivity index (χ2v) is 5.18. The van der Waals surface area contributed by atoms with Crippen LogP contribution in [0.15, 0.2) is 55.5 Å². The van der Waals surface area contributed by atoms with Crippen molar-refractivity contribution in [2.75, 3.05) is 11.1 Å². The highest BCUT2D eigenvalue weighted by atomic mass is 15.1. The minimum atomic E-state index is 0.250. The first-order chi connectivity index (χ1) is 12.8. The SMILES string of the molecule is Nc1ncc2[nH]cnc2n1.c1ccc(Nc2ncnc3nc[nH]c23)cc1. The van der Waals surface area contributed by atoms with E-state index in [0.29, 0.717) is 11.3 Å². The number of para-hydroxylation sites is 1. The van der Waals surface area contributed by atoms with Crippen molar-refractivity contribution in [2.24, 2.45) is 0 Å². The lowest BCUT2D eigenvalue weighted by Gasteiger charge is -2.04. The summed E-state index contributed by atoms with van der Waals surface area (Å²) < 4.78 is 0. The van der Waals surface area contributed by atoms with Crippen LogP contribution in [0.25, 0.3) is 22.3 Å².